The highest BCUT2D eigenvalue weighted by molar-refractivity contribution is 5.17. The number of hydrogen-bond acceptors (Lipinski definition) is 1. The van der Waals surface area contributed by atoms with Gasteiger partial charge in [-0.3, -0.25) is 0 Å². The summed E-state index contributed by atoms with van der Waals surface area (Å²) in [6, 6.07) is 10.9. The molecule has 2 unspecified atom stereocenters. The van der Waals surface area contributed by atoms with Crippen LogP contribution in [-0.4, -0.2) is 6.54 Å². The van der Waals surface area contributed by atoms with Gasteiger partial charge in [0.25, 0.3) is 0 Å². The average molecular weight is 244 g/mol. The van der Waals surface area contributed by atoms with Gasteiger partial charge in [0.1, 0.15) is 0 Å². The lowest BCUT2D eigenvalue weighted by molar-refractivity contribution is 0.185. The van der Waals surface area contributed by atoms with Gasteiger partial charge in [0, 0.05) is 0 Å². The van der Waals surface area contributed by atoms with E-state index < -0.39 is 0 Å². The van der Waals surface area contributed by atoms with Crippen LogP contribution in [0.4, 0.5) is 0 Å². The predicted octanol–water partition coefficient (Wildman–Crippen LogP) is 3.83. The van der Waals surface area contributed by atoms with Gasteiger partial charge in [0.05, 0.1) is 0 Å². The summed E-state index contributed by atoms with van der Waals surface area (Å²) < 4.78 is 0. The summed E-state index contributed by atoms with van der Waals surface area (Å²) in [4.78, 5) is 0. The average Bonchev–Trinajstić information content (AvgIpc) is 2.73. The lowest BCUT2D eigenvalue weighted by Gasteiger charge is -2.32. The summed E-state index contributed by atoms with van der Waals surface area (Å²) in [7, 11) is 0. The molecule has 1 heteroatoms. The van der Waals surface area contributed by atoms with Crippen molar-refractivity contribution in [2.24, 2.45) is 23.0 Å². The summed E-state index contributed by atoms with van der Waals surface area (Å²) in [6.45, 7) is 7.89. The molecule has 2 rings (SSSR count). The fourth-order valence-electron chi connectivity index (χ4n) is 3.39. The molecule has 1 radical (unpaired) electrons. The van der Waals surface area contributed by atoms with Crippen LogP contribution in [-0.2, 0) is 6.42 Å². The molecule has 1 aromatic carbocycles. The number of hydrogen-bond donors (Lipinski definition) is 1. The van der Waals surface area contributed by atoms with E-state index in [1.807, 2.05) is 0 Å². The highest BCUT2D eigenvalue weighted by atomic mass is 14.6. The van der Waals surface area contributed by atoms with E-state index >= 15 is 0 Å². The molecule has 1 aliphatic carbocycles. The lowest BCUT2D eigenvalue weighted by atomic mass is 9.73. The second-order valence-corrected chi connectivity index (χ2v) is 6.78. The highest BCUT2D eigenvalue weighted by Crippen LogP contribution is 2.47. The van der Waals surface area contributed by atoms with Crippen molar-refractivity contribution < 1.29 is 0 Å². The minimum atomic E-state index is 0.385. The zero-order valence-electron chi connectivity index (χ0n) is 11.9. The molecular weight excluding hydrogens is 218 g/mol. The van der Waals surface area contributed by atoms with Crippen LogP contribution < -0.4 is 5.73 Å². The summed E-state index contributed by atoms with van der Waals surface area (Å²) in [5.41, 5.74) is 7.71. The monoisotopic (exact) mass is 244 g/mol. The van der Waals surface area contributed by atoms with Crippen LogP contribution in [0.3, 0.4) is 0 Å². The Labute approximate surface area is 112 Å². The Bertz CT molecular complexity index is 363. The molecule has 1 fully saturated rings. The van der Waals surface area contributed by atoms with Gasteiger partial charge in [-0.15, -0.1) is 0 Å². The molecule has 2 atom stereocenters. The first kappa shape index (κ1) is 13.6. The number of rotatable bonds is 3. The third-order valence-corrected chi connectivity index (χ3v) is 4.37. The number of nitrogens with two attached hydrogens (primary N) is 1. The topological polar surface area (TPSA) is 26.0 Å². The minimum absolute atomic E-state index is 0.385. The van der Waals surface area contributed by atoms with Crippen molar-refractivity contribution in [1.29, 1.82) is 0 Å². The third-order valence-electron chi connectivity index (χ3n) is 4.37. The first-order valence-electron chi connectivity index (χ1n) is 7.08. The minimum Gasteiger partial charge on any atom is -0.330 e. The van der Waals surface area contributed by atoms with Crippen LogP contribution in [0.15, 0.2) is 30.3 Å². The van der Waals surface area contributed by atoms with E-state index in [9.17, 15) is 0 Å². The molecule has 2 N–H and O–H groups in total. The van der Waals surface area contributed by atoms with Crippen LogP contribution in [0.2, 0.25) is 0 Å². The van der Waals surface area contributed by atoms with Gasteiger partial charge >= 0.3 is 0 Å². The fraction of sp³-hybridized carbons (Fsp3) is 0.588. The van der Waals surface area contributed by atoms with Gasteiger partial charge in [-0.2, -0.15) is 0 Å². The van der Waals surface area contributed by atoms with E-state index in [-0.39, 0.29) is 0 Å². The van der Waals surface area contributed by atoms with Gasteiger partial charge in [-0.05, 0) is 54.5 Å². The molecule has 0 saturated heterocycles. The molecule has 0 amide bonds. The molecule has 1 aliphatic rings. The zero-order valence-corrected chi connectivity index (χ0v) is 11.9. The summed E-state index contributed by atoms with van der Waals surface area (Å²) in [6.07, 6.45) is 3.66. The van der Waals surface area contributed by atoms with Crippen LogP contribution in [0.25, 0.3) is 0 Å². The third kappa shape index (κ3) is 3.14. The van der Waals surface area contributed by atoms with Crippen molar-refractivity contribution in [1.82, 2.24) is 0 Å². The van der Waals surface area contributed by atoms with Crippen LogP contribution in [0.5, 0.6) is 0 Å². The largest absolute Gasteiger partial charge is 0.330 e. The van der Waals surface area contributed by atoms with Gasteiger partial charge in [-0.25, -0.2) is 0 Å². The summed E-state index contributed by atoms with van der Waals surface area (Å²) in [5, 5.41) is 0. The van der Waals surface area contributed by atoms with E-state index in [2.05, 4.69) is 51.1 Å². The quantitative estimate of drug-likeness (QED) is 0.859. The van der Waals surface area contributed by atoms with Crippen LogP contribution in [0, 0.1) is 23.2 Å². The maximum Gasteiger partial charge on any atom is -0.00145 e. The van der Waals surface area contributed by atoms with Crippen LogP contribution in [0.1, 0.15) is 39.2 Å². The molecule has 0 aromatic heterocycles. The summed E-state index contributed by atoms with van der Waals surface area (Å²) >= 11 is 0. The Hall–Kier alpha value is -0.820. The first-order chi connectivity index (χ1) is 8.50. The van der Waals surface area contributed by atoms with Gasteiger partial charge in [-0.1, -0.05) is 51.1 Å². The molecule has 0 spiro atoms. The molecule has 0 heterocycles. The molecule has 1 saturated carbocycles. The first-order valence-corrected chi connectivity index (χ1v) is 7.08. The van der Waals surface area contributed by atoms with E-state index in [4.69, 9.17) is 5.73 Å². The Balaban J connectivity index is 2.10. The van der Waals surface area contributed by atoms with Crippen molar-refractivity contribution in [3.8, 4) is 0 Å². The van der Waals surface area contributed by atoms with Crippen molar-refractivity contribution in [3.63, 3.8) is 0 Å². The SMILES string of the molecule is CC(C)(C)C1C[C](CN)CC1Cc1ccccc1. The molecule has 0 bridgehead atoms. The second-order valence-electron chi connectivity index (χ2n) is 6.78. The molecule has 99 valence electrons. The lowest BCUT2D eigenvalue weighted by Crippen LogP contribution is -2.25. The molecule has 18 heavy (non-hydrogen) atoms. The maximum absolute atomic E-state index is 5.86. The van der Waals surface area contributed by atoms with Crippen LogP contribution >= 0.6 is 0 Å². The van der Waals surface area contributed by atoms with Crippen molar-refractivity contribution in [2.45, 2.75) is 40.0 Å². The number of benzene rings is 1. The van der Waals surface area contributed by atoms with E-state index in [0.29, 0.717) is 5.41 Å². The molecule has 0 aliphatic heterocycles. The highest BCUT2D eigenvalue weighted by Gasteiger charge is 2.40. The van der Waals surface area contributed by atoms with E-state index in [1.165, 1.54) is 24.8 Å². The Morgan fingerprint density at radius 1 is 1.11 bits per heavy atom. The molecule has 1 nitrogen and oxygen atoms in total. The van der Waals surface area contributed by atoms with E-state index in [0.717, 1.165) is 18.4 Å². The molecular formula is C17H26N. The Morgan fingerprint density at radius 2 is 1.78 bits per heavy atom. The second kappa shape index (κ2) is 5.44. The van der Waals surface area contributed by atoms with E-state index in [1.54, 1.807) is 5.92 Å². The predicted molar refractivity (Wildman–Crippen MR) is 78.1 cm³/mol. The Morgan fingerprint density at radius 3 is 2.33 bits per heavy atom. The normalized spacial score (nSPS) is 25.6. The standard InChI is InChI=1S/C17H26N/c1-17(2,3)16-11-14(12-18)10-15(16)9-13-7-5-4-6-8-13/h4-8,15-16H,9-12,18H2,1-3H3. The fourth-order valence-corrected chi connectivity index (χ4v) is 3.39. The van der Waals surface area contributed by atoms with Gasteiger partial charge in [0.2, 0.25) is 0 Å². The van der Waals surface area contributed by atoms with Crippen molar-refractivity contribution in [3.05, 3.63) is 41.8 Å². The molecule has 1 aromatic rings. The Kier molecular flexibility index (Phi) is 4.11. The smallest absolute Gasteiger partial charge is 0.00145 e. The zero-order chi connectivity index (χ0) is 13.2. The van der Waals surface area contributed by atoms with Gasteiger partial charge in [0.15, 0.2) is 0 Å². The van der Waals surface area contributed by atoms with Gasteiger partial charge < -0.3 is 5.73 Å². The maximum atomic E-state index is 5.86. The van der Waals surface area contributed by atoms with Crippen molar-refractivity contribution >= 4 is 0 Å². The summed E-state index contributed by atoms with van der Waals surface area (Å²) in [5.74, 6) is 3.11. The van der Waals surface area contributed by atoms with Crippen molar-refractivity contribution in [2.75, 3.05) is 6.54 Å².